The molecule has 0 spiro atoms. The first-order valence-electron chi connectivity index (χ1n) is 6.29. The van der Waals surface area contributed by atoms with Crippen molar-refractivity contribution in [3.05, 3.63) is 35.4 Å². The Morgan fingerprint density at radius 1 is 1.22 bits per heavy atom. The van der Waals surface area contributed by atoms with Crippen LogP contribution in [0.15, 0.2) is 24.3 Å². The van der Waals surface area contributed by atoms with E-state index in [-0.39, 0.29) is 6.29 Å². The summed E-state index contributed by atoms with van der Waals surface area (Å²) in [5, 5.41) is 0. The van der Waals surface area contributed by atoms with Crippen LogP contribution in [-0.4, -0.2) is 29.5 Å². The maximum Gasteiger partial charge on any atom is 0.168 e. The average molecular weight is 270 g/mol. The van der Waals surface area contributed by atoms with Crippen LogP contribution >= 0.6 is 0 Å². The van der Waals surface area contributed by atoms with Crippen LogP contribution in [0, 0.1) is 6.92 Å². The summed E-state index contributed by atoms with van der Waals surface area (Å²) >= 11 is 0. The summed E-state index contributed by atoms with van der Waals surface area (Å²) in [4.78, 5) is 0. The molecule has 1 rings (SSSR count). The second-order valence-corrected chi connectivity index (χ2v) is 5.58. The molecule has 0 radical (unpaired) electrons. The van der Waals surface area contributed by atoms with Crippen molar-refractivity contribution in [3.8, 4) is 0 Å². The molecule has 1 unspecified atom stereocenters. The van der Waals surface area contributed by atoms with Gasteiger partial charge in [-0.05, 0) is 26.3 Å². The van der Waals surface area contributed by atoms with E-state index >= 15 is 0 Å². The van der Waals surface area contributed by atoms with Crippen molar-refractivity contribution in [2.24, 2.45) is 0 Å². The van der Waals surface area contributed by atoms with E-state index in [0.29, 0.717) is 24.7 Å². The van der Waals surface area contributed by atoms with Gasteiger partial charge in [0.1, 0.15) is 0 Å². The second kappa shape index (κ2) is 8.40. The van der Waals surface area contributed by atoms with Gasteiger partial charge in [0.25, 0.3) is 0 Å². The lowest BCUT2D eigenvalue weighted by Crippen LogP contribution is -2.25. The number of rotatable bonds is 8. The van der Waals surface area contributed by atoms with Crippen LogP contribution in [0.2, 0.25) is 0 Å². The second-order valence-electron chi connectivity index (χ2n) is 4.08. The van der Waals surface area contributed by atoms with Crippen molar-refractivity contribution in [3.63, 3.8) is 0 Å². The average Bonchev–Trinajstić information content (AvgIpc) is 2.29. The number of hydrogen-bond donors (Lipinski definition) is 0. The third kappa shape index (κ3) is 5.76. The van der Waals surface area contributed by atoms with E-state index in [9.17, 15) is 4.21 Å². The van der Waals surface area contributed by atoms with E-state index in [1.54, 1.807) is 0 Å². The van der Waals surface area contributed by atoms with Crippen molar-refractivity contribution in [2.75, 3.05) is 19.0 Å². The molecule has 1 atom stereocenters. The minimum atomic E-state index is -0.962. The monoisotopic (exact) mass is 270 g/mol. The van der Waals surface area contributed by atoms with Crippen molar-refractivity contribution < 1.29 is 13.7 Å². The van der Waals surface area contributed by atoms with Gasteiger partial charge in [-0.25, -0.2) is 0 Å². The van der Waals surface area contributed by atoms with Gasteiger partial charge in [0.05, 0.1) is 5.75 Å². The zero-order valence-electron chi connectivity index (χ0n) is 11.3. The van der Waals surface area contributed by atoms with Crippen LogP contribution < -0.4 is 0 Å². The minimum Gasteiger partial charge on any atom is -0.352 e. The highest BCUT2D eigenvalue weighted by Crippen LogP contribution is 2.08. The first-order valence-corrected chi connectivity index (χ1v) is 7.78. The summed E-state index contributed by atoms with van der Waals surface area (Å²) in [6.45, 7) is 7.01. The molecule has 1 aromatic carbocycles. The Bertz CT molecular complexity index is 373. The summed E-state index contributed by atoms with van der Waals surface area (Å²) in [5.41, 5.74) is 2.29. The summed E-state index contributed by atoms with van der Waals surface area (Å²) < 4.78 is 22.8. The Labute approximate surface area is 112 Å². The van der Waals surface area contributed by atoms with Crippen LogP contribution in [0.5, 0.6) is 0 Å². The Morgan fingerprint density at radius 3 is 2.44 bits per heavy atom. The van der Waals surface area contributed by atoms with E-state index in [4.69, 9.17) is 9.47 Å². The first-order chi connectivity index (χ1) is 8.65. The number of hydrogen-bond acceptors (Lipinski definition) is 3. The normalized spacial score (nSPS) is 12.9. The van der Waals surface area contributed by atoms with Crippen molar-refractivity contribution in [2.45, 2.75) is 32.8 Å². The summed E-state index contributed by atoms with van der Waals surface area (Å²) in [6, 6.07) is 8.09. The SMILES string of the molecule is CCOC(CS(=O)Cc1cccc(C)c1)OCC. The van der Waals surface area contributed by atoms with Crippen LogP contribution in [0.3, 0.4) is 0 Å². The highest BCUT2D eigenvalue weighted by atomic mass is 32.2. The van der Waals surface area contributed by atoms with E-state index in [1.165, 1.54) is 5.56 Å². The van der Waals surface area contributed by atoms with Crippen LogP contribution in [0.25, 0.3) is 0 Å². The summed E-state index contributed by atoms with van der Waals surface area (Å²) in [7, 11) is -0.962. The summed E-state index contributed by atoms with van der Waals surface area (Å²) in [6.07, 6.45) is -0.356. The lowest BCUT2D eigenvalue weighted by Gasteiger charge is -2.16. The fourth-order valence-corrected chi connectivity index (χ4v) is 2.88. The van der Waals surface area contributed by atoms with Crippen molar-refractivity contribution in [1.29, 1.82) is 0 Å². The van der Waals surface area contributed by atoms with Crippen LogP contribution in [0.4, 0.5) is 0 Å². The van der Waals surface area contributed by atoms with Gasteiger partial charge in [0.2, 0.25) is 0 Å². The number of benzene rings is 1. The van der Waals surface area contributed by atoms with Gasteiger partial charge in [-0.2, -0.15) is 0 Å². The Morgan fingerprint density at radius 2 is 1.89 bits per heavy atom. The lowest BCUT2D eigenvalue weighted by atomic mass is 10.2. The maximum absolute atomic E-state index is 12.0. The molecule has 3 nitrogen and oxygen atoms in total. The van der Waals surface area contributed by atoms with E-state index < -0.39 is 10.8 Å². The molecule has 4 heteroatoms. The zero-order chi connectivity index (χ0) is 13.4. The molecular formula is C14H22O3S. The first kappa shape index (κ1) is 15.3. The highest BCUT2D eigenvalue weighted by molar-refractivity contribution is 7.84. The fourth-order valence-electron chi connectivity index (χ4n) is 1.71. The largest absolute Gasteiger partial charge is 0.352 e. The fraction of sp³-hybridized carbons (Fsp3) is 0.571. The number of ether oxygens (including phenoxy) is 2. The molecule has 0 heterocycles. The highest BCUT2D eigenvalue weighted by Gasteiger charge is 2.13. The third-order valence-corrected chi connectivity index (χ3v) is 3.74. The topological polar surface area (TPSA) is 35.5 Å². The standard InChI is InChI=1S/C14H22O3S/c1-4-16-14(17-5-2)11-18(15)10-13-8-6-7-12(3)9-13/h6-9,14H,4-5,10-11H2,1-3H3. The van der Waals surface area contributed by atoms with E-state index in [0.717, 1.165) is 5.56 Å². The molecule has 0 bridgehead atoms. The molecule has 0 aliphatic rings. The van der Waals surface area contributed by atoms with Crippen LogP contribution in [0.1, 0.15) is 25.0 Å². The molecule has 0 aliphatic heterocycles. The quantitative estimate of drug-likeness (QED) is 0.681. The smallest absolute Gasteiger partial charge is 0.168 e. The molecule has 0 N–H and O–H groups in total. The Kier molecular flexibility index (Phi) is 7.16. The van der Waals surface area contributed by atoms with Gasteiger partial charge in [0.15, 0.2) is 6.29 Å². The van der Waals surface area contributed by atoms with E-state index in [1.807, 2.05) is 39.0 Å². The minimum absolute atomic E-state index is 0.356. The van der Waals surface area contributed by atoms with Crippen LogP contribution in [-0.2, 0) is 26.0 Å². The van der Waals surface area contributed by atoms with Gasteiger partial charge in [-0.1, -0.05) is 29.8 Å². The van der Waals surface area contributed by atoms with Gasteiger partial charge < -0.3 is 9.47 Å². The Balaban J connectivity index is 2.49. The summed E-state index contributed by atoms with van der Waals surface area (Å²) in [5.74, 6) is 0.980. The van der Waals surface area contributed by atoms with E-state index in [2.05, 4.69) is 6.07 Å². The molecule has 1 aromatic rings. The molecule has 102 valence electrons. The molecular weight excluding hydrogens is 248 g/mol. The predicted molar refractivity (Wildman–Crippen MR) is 74.9 cm³/mol. The molecule has 0 aromatic heterocycles. The molecule has 0 saturated heterocycles. The molecule has 0 aliphatic carbocycles. The molecule has 0 fully saturated rings. The van der Waals surface area contributed by atoms with Gasteiger partial charge >= 0.3 is 0 Å². The Hall–Kier alpha value is -0.710. The maximum atomic E-state index is 12.0. The van der Waals surface area contributed by atoms with Crippen molar-refractivity contribution >= 4 is 10.8 Å². The predicted octanol–water partition coefficient (Wildman–Crippen LogP) is 2.64. The molecule has 0 amide bonds. The van der Waals surface area contributed by atoms with Gasteiger partial charge in [-0.3, -0.25) is 4.21 Å². The van der Waals surface area contributed by atoms with Crippen molar-refractivity contribution in [1.82, 2.24) is 0 Å². The number of aryl methyl sites for hydroxylation is 1. The zero-order valence-corrected chi connectivity index (χ0v) is 12.2. The van der Waals surface area contributed by atoms with Gasteiger partial charge in [0, 0.05) is 29.8 Å². The molecule has 0 saturated carbocycles. The van der Waals surface area contributed by atoms with Gasteiger partial charge in [-0.15, -0.1) is 0 Å². The lowest BCUT2D eigenvalue weighted by molar-refractivity contribution is -0.120. The molecule has 18 heavy (non-hydrogen) atoms. The third-order valence-electron chi connectivity index (χ3n) is 2.44.